The van der Waals surface area contributed by atoms with Crippen molar-refractivity contribution in [3.05, 3.63) is 65.5 Å². The van der Waals surface area contributed by atoms with E-state index in [0.29, 0.717) is 13.0 Å². The van der Waals surface area contributed by atoms with E-state index in [4.69, 9.17) is 4.74 Å². The van der Waals surface area contributed by atoms with E-state index < -0.39 is 0 Å². The molecule has 0 saturated carbocycles. The molecule has 0 radical (unpaired) electrons. The number of carbonyl (C=O) groups is 1. The fourth-order valence-electron chi connectivity index (χ4n) is 2.16. The van der Waals surface area contributed by atoms with E-state index in [1.807, 2.05) is 36.4 Å². The molecule has 0 fully saturated rings. The van der Waals surface area contributed by atoms with Gasteiger partial charge in [0.2, 0.25) is 0 Å². The van der Waals surface area contributed by atoms with Crippen LogP contribution in [0.2, 0.25) is 0 Å². The first-order valence-corrected chi connectivity index (χ1v) is 6.97. The van der Waals surface area contributed by atoms with Crippen molar-refractivity contribution in [2.75, 3.05) is 7.11 Å². The molecule has 110 valence electrons. The second-order valence-corrected chi connectivity index (χ2v) is 4.90. The fraction of sp³-hybridized carbons (Fsp3) is 0.294. The summed E-state index contributed by atoms with van der Waals surface area (Å²) in [6.07, 6.45) is 3.88. The van der Waals surface area contributed by atoms with Crippen molar-refractivity contribution in [2.45, 2.75) is 25.9 Å². The summed E-state index contributed by atoms with van der Waals surface area (Å²) in [6.45, 7) is 2.81. The SMILES string of the molecule is COC(=O)Cc1ccccc1CN[C@@H](C)c1ccncc1. The molecule has 0 aliphatic heterocycles. The molecular weight excluding hydrogens is 264 g/mol. The maximum absolute atomic E-state index is 11.4. The summed E-state index contributed by atoms with van der Waals surface area (Å²) < 4.78 is 4.74. The van der Waals surface area contributed by atoms with Gasteiger partial charge in [-0.15, -0.1) is 0 Å². The summed E-state index contributed by atoms with van der Waals surface area (Å²) in [7, 11) is 1.41. The summed E-state index contributed by atoms with van der Waals surface area (Å²) >= 11 is 0. The summed E-state index contributed by atoms with van der Waals surface area (Å²) in [5.41, 5.74) is 3.30. The number of esters is 1. The molecule has 1 atom stereocenters. The van der Waals surface area contributed by atoms with Crippen molar-refractivity contribution >= 4 is 5.97 Å². The van der Waals surface area contributed by atoms with Crippen molar-refractivity contribution in [1.29, 1.82) is 0 Å². The predicted molar refractivity (Wildman–Crippen MR) is 81.7 cm³/mol. The summed E-state index contributed by atoms with van der Waals surface area (Å²) in [6, 6.07) is 12.1. The van der Waals surface area contributed by atoms with Crippen LogP contribution >= 0.6 is 0 Å². The number of nitrogens with zero attached hydrogens (tertiary/aromatic N) is 1. The number of carbonyl (C=O) groups excluding carboxylic acids is 1. The van der Waals surface area contributed by atoms with Crippen molar-refractivity contribution in [2.24, 2.45) is 0 Å². The minimum atomic E-state index is -0.218. The molecule has 21 heavy (non-hydrogen) atoms. The highest BCUT2D eigenvalue weighted by Gasteiger charge is 2.09. The van der Waals surface area contributed by atoms with Crippen molar-refractivity contribution in [1.82, 2.24) is 10.3 Å². The van der Waals surface area contributed by atoms with Crippen LogP contribution in [0.4, 0.5) is 0 Å². The van der Waals surface area contributed by atoms with Crippen LogP contribution in [0, 0.1) is 0 Å². The zero-order chi connectivity index (χ0) is 15.1. The normalized spacial score (nSPS) is 11.9. The van der Waals surface area contributed by atoms with Crippen LogP contribution in [-0.2, 0) is 22.5 Å². The number of aromatic nitrogens is 1. The highest BCUT2D eigenvalue weighted by Crippen LogP contribution is 2.14. The lowest BCUT2D eigenvalue weighted by Gasteiger charge is -2.16. The van der Waals surface area contributed by atoms with Gasteiger partial charge in [-0.1, -0.05) is 24.3 Å². The Labute approximate surface area is 125 Å². The molecule has 0 unspecified atom stereocenters. The molecule has 0 spiro atoms. The molecule has 1 N–H and O–H groups in total. The Morgan fingerprint density at radius 1 is 1.19 bits per heavy atom. The van der Waals surface area contributed by atoms with Crippen LogP contribution in [0.5, 0.6) is 0 Å². The third kappa shape index (κ3) is 4.39. The van der Waals surface area contributed by atoms with Gasteiger partial charge in [0.05, 0.1) is 13.5 Å². The maximum atomic E-state index is 11.4. The van der Waals surface area contributed by atoms with Gasteiger partial charge >= 0.3 is 5.97 Å². The van der Waals surface area contributed by atoms with Crippen molar-refractivity contribution < 1.29 is 9.53 Å². The van der Waals surface area contributed by atoms with Crippen molar-refractivity contribution in [3.63, 3.8) is 0 Å². The van der Waals surface area contributed by atoms with E-state index in [2.05, 4.69) is 17.2 Å². The first-order chi connectivity index (χ1) is 10.2. The van der Waals surface area contributed by atoms with E-state index in [1.165, 1.54) is 12.7 Å². The van der Waals surface area contributed by atoms with Crippen molar-refractivity contribution in [3.8, 4) is 0 Å². The van der Waals surface area contributed by atoms with Gasteiger partial charge in [0.1, 0.15) is 0 Å². The average molecular weight is 284 g/mol. The molecule has 1 aromatic carbocycles. The minimum absolute atomic E-state index is 0.218. The minimum Gasteiger partial charge on any atom is -0.469 e. The van der Waals surface area contributed by atoms with Crippen LogP contribution in [0.25, 0.3) is 0 Å². The Morgan fingerprint density at radius 3 is 2.52 bits per heavy atom. The highest BCUT2D eigenvalue weighted by atomic mass is 16.5. The van der Waals surface area contributed by atoms with Crippen LogP contribution in [0.15, 0.2) is 48.8 Å². The van der Waals surface area contributed by atoms with E-state index in [1.54, 1.807) is 12.4 Å². The Balaban J connectivity index is 2.01. The molecule has 1 heterocycles. The van der Waals surface area contributed by atoms with Crippen LogP contribution in [0.1, 0.15) is 29.7 Å². The number of pyridine rings is 1. The standard InChI is InChI=1S/C17H20N2O2/c1-13(14-7-9-18-10-8-14)19-12-16-6-4-3-5-15(16)11-17(20)21-2/h3-10,13,19H,11-12H2,1-2H3/t13-/m0/s1. The molecule has 4 nitrogen and oxygen atoms in total. The lowest BCUT2D eigenvalue weighted by molar-refractivity contribution is -0.139. The third-order valence-electron chi connectivity index (χ3n) is 3.49. The van der Waals surface area contributed by atoms with E-state index in [9.17, 15) is 4.79 Å². The number of hydrogen-bond donors (Lipinski definition) is 1. The number of hydrogen-bond acceptors (Lipinski definition) is 4. The Morgan fingerprint density at radius 2 is 1.86 bits per heavy atom. The number of ether oxygens (including phenoxy) is 1. The van der Waals surface area contributed by atoms with Gasteiger partial charge in [0.15, 0.2) is 0 Å². The average Bonchev–Trinajstić information content (AvgIpc) is 2.54. The molecule has 0 aliphatic rings. The van der Waals surface area contributed by atoms with Crippen LogP contribution < -0.4 is 5.32 Å². The molecule has 4 heteroatoms. The first kappa shape index (κ1) is 15.2. The summed E-state index contributed by atoms with van der Waals surface area (Å²) in [5, 5.41) is 3.47. The zero-order valence-electron chi connectivity index (χ0n) is 12.4. The van der Waals surface area contributed by atoms with Gasteiger partial charge in [-0.25, -0.2) is 0 Å². The first-order valence-electron chi connectivity index (χ1n) is 6.97. The summed E-state index contributed by atoms with van der Waals surface area (Å²) in [5.74, 6) is -0.218. The quantitative estimate of drug-likeness (QED) is 0.829. The monoisotopic (exact) mass is 284 g/mol. The summed E-state index contributed by atoms with van der Waals surface area (Å²) in [4.78, 5) is 15.5. The van der Waals surface area contributed by atoms with Gasteiger partial charge in [-0.3, -0.25) is 9.78 Å². The molecule has 0 amide bonds. The number of methoxy groups -OCH3 is 1. The second kappa shape index (κ2) is 7.55. The molecule has 1 aromatic heterocycles. The second-order valence-electron chi connectivity index (χ2n) is 4.90. The molecule has 2 rings (SSSR count). The van der Waals surface area contributed by atoms with Crippen LogP contribution in [-0.4, -0.2) is 18.1 Å². The fourth-order valence-corrected chi connectivity index (χ4v) is 2.16. The third-order valence-corrected chi connectivity index (χ3v) is 3.49. The van der Waals surface area contributed by atoms with E-state index in [0.717, 1.165) is 11.1 Å². The molecule has 0 aliphatic carbocycles. The van der Waals surface area contributed by atoms with E-state index >= 15 is 0 Å². The molecule has 0 saturated heterocycles. The molecular formula is C17H20N2O2. The molecule has 2 aromatic rings. The number of nitrogens with one attached hydrogen (secondary N) is 1. The Kier molecular flexibility index (Phi) is 5.46. The van der Waals surface area contributed by atoms with Gasteiger partial charge in [-0.2, -0.15) is 0 Å². The van der Waals surface area contributed by atoms with Crippen LogP contribution in [0.3, 0.4) is 0 Å². The largest absolute Gasteiger partial charge is 0.469 e. The van der Waals surface area contributed by atoms with Gasteiger partial charge in [-0.05, 0) is 35.7 Å². The van der Waals surface area contributed by atoms with Gasteiger partial charge in [0.25, 0.3) is 0 Å². The predicted octanol–water partition coefficient (Wildman–Crippen LogP) is 2.65. The topological polar surface area (TPSA) is 51.2 Å². The lowest BCUT2D eigenvalue weighted by Crippen LogP contribution is -2.19. The van der Waals surface area contributed by atoms with E-state index in [-0.39, 0.29) is 12.0 Å². The zero-order valence-corrected chi connectivity index (χ0v) is 12.4. The van der Waals surface area contributed by atoms with Gasteiger partial charge in [0, 0.05) is 25.0 Å². The Hall–Kier alpha value is -2.20. The lowest BCUT2D eigenvalue weighted by atomic mass is 10.0. The smallest absolute Gasteiger partial charge is 0.309 e. The number of rotatable bonds is 6. The molecule has 0 bridgehead atoms. The number of benzene rings is 1. The maximum Gasteiger partial charge on any atom is 0.309 e. The highest BCUT2D eigenvalue weighted by molar-refractivity contribution is 5.72. The van der Waals surface area contributed by atoms with Gasteiger partial charge < -0.3 is 10.1 Å². The Bertz CT molecular complexity index is 584.